The van der Waals surface area contributed by atoms with E-state index in [4.69, 9.17) is 4.42 Å². The van der Waals surface area contributed by atoms with Crippen molar-refractivity contribution in [3.05, 3.63) is 17.8 Å². The third-order valence-corrected chi connectivity index (χ3v) is 5.25. The van der Waals surface area contributed by atoms with E-state index in [2.05, 4.69) is 10.3 Å². The Labute approximate surface area is 115 Å². The lowest BCUT2D eigenvalue weighted by Gasteiger charge is -2.18. The maximum atomic E-state index is 6.00. The zero-order chi connectivity index (χ0) is 12.7. The van der Waals surface area contributed by atoms with E-state index in [1.165, 1.54) is 44.3 Å². The molecule has 0 saturated heterocycles. The number of nitrogens with one attached hydrogen (secondary N) is 1. The van der Waals surface area contributed by atoms with Crippen LogP contribution in [0.15, 0.2) is 10.6 Å². The van der Waals surface area contributed by atoms with E-state index in [1.807, 2.05) is 6.20 Å². The fraction of sp³-hybridized carbons (Fsp3) is 0.812. The molecule has 1 aromatic heterocycles. The summed E-state index contributed by atoms with van der Waals surface area (Å²) in [7, 11) is 0. The molecule has 3 heteroatoms. The summed E-state index contributed by atoms with van der Waals surface area (Å²) in [6.45, 7) is 1.11. The second-order valence-electron chi connectivity index (χ2n) is 6.77. The average molecular weight is 260 g/mol. The summed E-state index contributed by atoms with van der Waals surface area (Å²) in [5, 5.41) is 3.54. The zero-order valence-corrected chi connectivity index (χ0v) is 11.6. The Kier molecular flexibility index (Phi) is 3.10. The van der Waals surface area contributed by atoms with Crippen LogP contribution in [0.1, 0.15) is 62.5 Å². The van der Waals surface area contributed by atoms with Crippen LogP contribution in [0.3, 0.4) is 0 Å². The normalized spacial score (nSPS) is 33.2. The highest BCUT2D eigenvalue weighted by Crippen LogP contribution is 2.52. The van der Waals surface area contributed by atoms with Crippen LogP contribution in [0.5, 0.6) is 0 Å². The van der Waals surface area contributed by atoms with Crippen molar-refractivity contribution >= 4 is 0 Å². The van der Waals surface area contributed by atoms with Gasteiger partial charge in [-0.1, -0.05) is 6.42 Å². The molecule has 0 spiro atoms. The number of oxazole rings is 1. The van der Waals surface area contributed by atoms with E-state index in [9.17, 15) is 0 Å². The molecule has 4 rings (SSSR count). The van der Waals surface area contributed by atoms with Crippen LogP contribution in [-0.2, 0) is 6.42 Å². The van der Waals surface area contributed by atoms with E-state index < -0.39 is 0 Å². The minimum atomic E-state index is 0.685. The van der Waals surface area contributed by atoms with Crippen LogP contribution < -0.4 is 5.32 Å². The maximum Gasteiger partial charge on any atom is 0.194 e. The fourth-order valence-electron chi connectivity index (χ4n) is 4.04. The molecule has 2 bridgehead atoms. The first-order chi connectivity index (χ1) is 9.38. The monoisotopic (exact) mass is 260 g/mol. The first-order valence-electron chi connectivity index (χ1n) is 8.06. The van der Waals surface area contributed by atoms with Gasteiger partial charge in [-0.2, -0.15) is 0 Å². The SMILES string of the molecule is c1nc(CCCNC2CC2)oc1C1CC2CCC1C2. The van der Waals surface area contributed by atoms with Gasteiger partial charge >= 0.3 is 0 Å². The van der Waals surface area contributed by atoms with Gasteiger partial charge in [0, 0.05) is 18.4 Å². The molecule has 1 heterocycles. The molecule has 3 aliphatic rings. The number of fused-ring (bicyclic) bond motifs is 2. The molecular formula is C16H24N2O. The zero-order valence-electron chi connectivity index (χ0n) is 11.6. The van der Waals surface area contributed by atoms with Gasteiger partial charge < -0.3 is 9.73 Å². The van der Waals surface area contributed by atoms with Crippen LogP contribution in [0, 0.1) is 11.8 Å². The lowest BCUT2D eigenvalue weighted by molar-refractivity contribution is 0.343. The molecule has 3 saturated carbocycles. The van der Waals surface area contributed by atoms with E-state index in [0.717, 1.165) is 43.2 Å². The molecule has 1 N–H and O–H groups in total. The van der Waals surface area contributed by atoms with Crippen LogP contribution in [0.25, 0.3) is 0 Å². The molecule has 0 aromatic carbocycles. The number of rotatable bonds is 6. The molecule has 0 amide bonds. The summed E-state index contributed by atoms with van der Waals surface area (Å²) in [6, 6.07) is 0.814. The van der Waals surface area contributed by atoms with Crippen LogP contribution in [0.4, 0.5) is 0 Å². The summed E-state index contributed by atoms with van der Waals surface area (Å²) in [5.74, 6) is 4.69. The molecule has 19 heavy (non-hydrogen) atoms. The van der Waals surface area contributed by atoms with Crippen molar-refractivity contribution in [2.45, 2.75) is 63.3 Å². The highest BCUT2D eigenvalue weighted by molar-refractivity contribution is 5.10. The standard InChI is InChI=1S/C16H24N2O/c1(7-17-13-5-6-13)2-16-18-10-15(19-16)14-9-11-3-4-12(14)8-11/h10-14,17H,1-9H2. The molecule has 3 aliphatic carbocycles. The number of aryl methyl sites for hydroxylation is 1. The Morgan fingerprint density at radius 2 is 2.16 bits per heavy atom. The highest BCUT2D eigenvalue weighted by Gasteiger charge is 2.41. The van der Waals surface area contributed by atoms with E-state index in [0.29, 0.717) is 5.92 Å². The fourth-order valence-corrected chi connectivity index (χ4v) is 4.04. The smallest absolute Gasteiger partial charge is 0.194 e. The molecule has 104 valence electrons. The number of aromatic nitrogens is 1. The molecule has 1 aromatic rings. The van der Waals surface area contributed by atoms with Crippen molar-refractivity contribution in [3.63, 3.8) is 0 Å². The predicted octanol–water partition coefficient (Wildman–Crippen LogP) is 3.26. The van der Waals surface area contributed by atoms with Crippen molar-refractivity contribution in [3.8, 4) is 0 Å². The highest BCUT2D eigenvalue weighted by atomic mass is 16.4. The quantitative estimate of drug-likeness (QED) is 0.798. The van der Waals surface area contributed by atoms with Gasteiger partial charge in [-0.25, -0.2) is 4.98 Å². The van der Waals surface area contributed by atoms with Crippen molar-refractivity contribution in [2.24, 2.45) is 11.8 Å². The second kappa shape index (κ2) is 4.93. The third-order valence-electron chi connectivity index (χ3n) is 5.25. The lowest BCUT2D eigenvalue weighted by Crippen LogP contribution is -2.17. The van der Waals surface area contributed by atoms with Crippen LogP contribution in [0.2, 0.25) is 0 Å². The van der Waals surface area contributed by atoms with Gasteiger partial charge in [-0.15, -0.1) is 0 Å². The number of hydrogen-bond donors (Lipinski definition) is 1. The van der Waals surface area contributed by atoms with Crippen molar-refractivity contribution < 1.29 is 4.42 Å². The first kappa shape index (κ1) is 12.0. The largest absolute Gasteiger partial charge is 0.445 e. The number of nitrogens with zero attached hydrogens (tertiary/aromatic N) is 1. The van der Waals surface area contributed by atoms with Crippen LogP contribution >= 0.6 is 0 Å². The topological polar surface area (TPSA) is 38.1 Å². The van der Waals surface area contributed by atoms with Crippen molar-refractivity contribution in [1.82, 2.24) is 10.3 Å². The van der Waals surface area contributed by atoms with Gasteiger partial charge in [0.2, 0.25) is 0 Å². The van der Waals surface area contributed by atoms with Gasteiger partial charge in [-0.05, 0) is 56.9 Å². The van der Waals surface area contributed by atoms with Gasteiger partial charge in [0.15, 0.2) is 5.89 Å². The van der Waals surface area contributed by atoms with Gasteiger partial charge in [0.1, 0.15) is 5.76 Å². The first-order valence-corrected chi connectivity index (χ1v) is 8.06. The minimum absolute atomic E-state index is 0.685. The Morgan fingerprint density at radius 3 is 2.89 bits per heavy atom. The predicted molar refractivity (Wildman–Crippen MR) is 74.0 cm³/mol. The number of hydrogen-bond acceptors (Lipinski definition) is 3. The Bertz CT molecular complexity index is 438. The lowest BCUT2D eigenvalue weighted by atomic mass is 9.87. The molecule has 3 fully saturated rings. The van der Waals surface area contributed by atoms with Gasteiger partial charge in [0.25, 0.3) is 0 Å². The Balaban J connectivity index is 1.29. The summed E-state index contributed by atoms with van der Waals surface area (Å²) < 4.78 is 6.00. The Morgan fingerprint density at radius 1 is 1.21 bits per heavy atom. The minimum Gasteiger partial charge on any atom is -0.445 e. The molecule has 3 atom stereocenters. The van der Waals surface area contributed by atoms with E-state index in [1.54, 1.807) is 0 Å². The summed E-state index contributed by atoms with van der Waals surface area (Å²) in [6.07, 6.45) is 12.5. The molecule has 0 aliphatic heterocycles. The summed E-state index contributed by atoms with van der Waals surface area (Å²) in [5.41, 5.74) is 0. The summed E-state index contributed by atoms with van der Waals surface area (Å²) in [4.78, 5) is 4.48. The van der Waals surface area contributed by atoms with Gasteiger partial charge in [0.05, 0.1) is 6.20 Å². The van der Waals surface area contributed by atoms with Crippen molar-refractivity contribution in [1.29, 1.82) is 0 Å². The second-order valence-corrected chi connectivity index (χ2v) is 6.77. The van der Waals surface area contributed by atoms with Crippen molar-refractivity contribution in [2.75, 3.05) is 6.54 Å². The van der Waals surface area contributed by atoms with Crippen LogP contribution in [-0.4, -0.2) is 17.6 Å². The Hall–Kier alpha value is -0.830. The molecule has 3 unspecified atom stereocenters. The van der Waals surface area contributed by atoms with E-state index >= 15 is 0 Å². The average Bonchev–Trinajstić information content (AvgIpc) is 2.86. The maximum absolute atomic E-state index is 6.00. The molecular weight excluding hydrogens is 236 g/mol. The molecule has 0 radical (unpaired) electrons. The van der Waals surface area contributed by atoms with E-state index in [-0.39, 0.29) is 0 Å². The molecule has 3 nitrogen and oxygen atoms in total. The third kappa shape index (κ3) is 2.58. The summed E-state index contributed by atoms with van der Waals surface area (Å²) >= 11 is 0. The van der Waals surface area contributed by atoms with Gasteiger partial charge in [-0.3, -0.25) is 0 Å².